The number of carbonyl (C=O) groups excluding carboxylic acids is 1. The van der Waals surface area contributed by atoms with E-state index in [-0.39, 0.29) is 5.97 Å². The molecule has 0 aliphatic rings. The maximum atomic E-state index is 11.0. The molecule has 0 rings (SSSR count). The molecule has 66 valence electrons. The molecule has 0 aliphatic carbocycles. The first-order valence-corrected chi connectivity index (χ1v) is 3.62. The van der Waals surface area contributed by atoms with E-state index in [1.54, 1.807) is 6.92 Å². The maximum Gasteiger partial charge on any atom is 0.325 e. The van der Waals surface area contributed by atoms with Gasteiger partial charge in [0.2, 0.25) is 0 Å². The highest BCUT2D eigenvalue weighted by molar-refractivity contribution is 5.79. The van der Waals surface area contributed by atoms with E-state index in [0.29, 0.717) is 13.0 Å². The van der Waals surface area contributed by atoms with Crippen molar-refractivity contribution in [2.45, 2.75) is 25.3 Å². The Morgan fingerprint density at radius 1 is 1.64 bits per heavy atom. The van der Waals surface area contributed by atoms with Crippen molar-refractivity contribution in [3.8, 4) is 0 Å². The van der Waals surface area contributed by atoms with Gasteiger partial charge in [-0.05, 0) is 26.3 Å². The molecule has 1 unspecified atom stereocenters. The molecule has 0 aromatic heterocycles. The van der Waals surface area contributed by atoms with Gasteiger partial charge in [-0.1, -0.05) is 0 Å². The van der Waals surface area contributed by atoms with Crippen LogP contribution in [0.4, 0.5) is 0 Å². The molecule has 4 nitrogen and oxygen atoms in total. The maximum absolute atomic E-state index is 11.0. The third-order valence-electron chi connectivity index (χ3n) is 1.55. The highest BCUT2D eigenvalue weighted by Crippen LogP contribution is 2.09. The molecule has 4 N–H and O–H groups in total. The van der Waals surface area contributed by atoms with E-state index in [1.165, 1.54) is 7.11 Å². The first-order chi connectivity index (χ1) is 5.04. The van der Waals surface area contributed by atoms with E-state index < -0.39 is 5.54 Å². The fourth-order valence-corrected chi connectivity index (χ4v) is 0.805. The highest BCUT2D eigenvalue weighted by Gasteiger charge is 2.28. The van der Waals surface area contributed by atoms with E-state index in [4.69, 9.17) is 11.5 Å². The van der Waals surface area contributed by atoms with Crippen molar-refractivity contribution in [3.63, 3.8) is 0 Å². The summed E-state index contributed by atoms with van der Waals surface area (Å²) in [7, 11) is 1.33. The predicted octanol–water partition coefficient (Wildman–Crippen LogP) is -0.384. The largest absolute Gasteiger partial charge is 0.468 e. The molecule has 0 aliphatic heterocycles. The SMILES string of the molecule is COC(=O)C(C)(N)CCCN. The Morgan fingerprint density at radius 3 is 2.55 bits per heavy atom. The summed E-state index contributed by atoms with van der Waals surface area (Å²) in [6.45, 7) is 2.19. The van der Waals surface area contributed by atoms with E-state index >= 15 is 0 Å². The molecule has 0 saturated heterocycles. The molecule has 0 radical (unpaired) electrons. The average Bonchev–Trinajstić information content (AvgIpc) is 1.99. The molecule has 0 aromatic carbocycles. The van der Waals surface area contributed by atoms with Crippen LogP contribution in [0.25, 0.3) is 0 Å². The molecule has 1 atom stereocenters. The zero-order valence-corrected chi connectivity index (χ0v) is 7.09. The highest BCUT2D eigenvalue weighted by atomic mass is 16.5. The van der Waals surface area contributed by atoms with E-state index in [2.05, 4.69) is 4.74 Å². The van der Waals surface area contributed by atoms with Crippen molar-refractivity contribution >= 4 is 5.97 Å². The summed E-state index contributed by atoms with van der Waals surface area (Å²) in [6, 6.07) is 0. The zero-order valence-electron chi connectivity index (χ0n) is 7.09. The van der Waals surface area contributed by atoms with Crippen LogP contribution in [0, 0.1) is 0 Å². The van der Waals surface area contributed by atoms with E-state index in [0.717, 1.165) is 6.42 Å². The summed E-state index contributed by atoms with van der Waals surface area (Å²) >= 11 is 0. The Kier molecular flexibility index (Phi) is 4.07. The van der Waals surface area contributed by atoms with Crippen LogP contribution in [0.15, 0.2) is 0 Å². The molecule has 0 aromatic rings. The van der Waals surface area contributed by atoms with Gasteiger partial charge in [0, 0.05) is 0 Å². The summed E-state index contributed by atoms with van der Waals surface area (Å²) in [5.41, 5.74) is 10.0. The third-order valence-corrected chi connectivity index (χ3v) is 1.55. The first kappa shape index (κ1) is 10.4. The number of ether oxygens (including phenoxy) is 1. The Bertz CT molecular complexity index is 134. The third kappa shape index (κ3) is 3.34. The van der Waals surface area contributed by atoms with Crippen molar-refractivity contribution in [3.05, 3.63) is 0 Å². The lowest BCUT2D eigenvalue weighted by atomic mass is 9.97. The molecule has 0 saturated carbocycles. The van der Waals surface area contributed by atoms with Crippen molar-refractivity contribution in [1.29, 1.82) is 0 Å². The summed E-state index contributed by atoms with van der Waals surface area (Å²) in [5.74, 6) is -0.383. The van der Waals surface area contributed by atoms with Gasteiger partial charge in [0.25, 0.3) is 0 Å². The van der Waals surface area contributed by atoms with Crippen LogP contribution in [-0.4, -0.2) is 25.2 Å². The normalized spacial score (nSPS) is 15.6. The van der Waals surface area contributed by atoms with Crippen LogP contribution in [0.3, 0.4) is 0 Å². The lowest BCUT2D eigenvalue weighted by Gasteiger charge is -2.20. The van der Waals surface area contributed by atoms with Gasteiger partial charge in [-0.2, -0.15) is 0 Å². The van der Waals surface area contributed by atoms with Crippen LogP contribution in [0.5, 0.6) is 0 Å². The molecule has 0 bridgehead atoms. The zero-order chi connectivity index (χ0) is 8.91. The van der Waals surface area contributed by atoms with Crippen LogP contribution in [0.2, 0.25) is 0 Å². The lowest BCUT2D eigenvalue weighted by molar-refractivity contribution is -0.146. The minimum atomic E-state index is -0.881. The van der Waals surface area contributed by atoms with Gasteiger partial charge in [0.1, 0.15) is 5.54 Å². The Balaban J connectivity index is 3.88. The van der Waals surface area contributed by atoms with Crippen LogP contribution in [-0.2, 0) is 9.53 Å². The quantitative estimate of drug-likeness (QED) is 0.549. The van der Waals surface area contributed by atoms with Gasteiger partial charge < -0.3 is 16.2 Å². The Hall–Kier alpha value is -0.610. The van der Waals surface area contributed by atoms with Crippen LogP contribution in [0.1, 0.15) is 19.8 Å². The van der Waals surface area contributed by atoms with Crippen molar-refractivity contribution in [1.82, 2.24) is 0 Å². The molecular weight excluding hydrogens is 144 g/mol. The molecule has 0 fully saturated rings. The van der Waals surface area contributed by atoms with Gasteiger partial charge in [-0.15, -0.1) is 0 Å². The average molecular weight is 160 g/mol. The molecule has 0 spiro atoms. The Labute approximate surface area is 66.9 Å². The summed E-state index contributed by atoms with van der Waals surface area (Å²) < 4.78 is 4.51. The molecule has 0 amide bonds. The standard InChI is InChI=1S/C7H16N2O2/c1-7(9,4-3-5-8)6(10)11-2/h3-5,8-9H2,1-2H3. The minimum Gasteiger partial charge on any atom is -0.468 e. The number of carbonyl (C=O) groups is 1. The van der Waals surface area contributed by atoms with E-state index in [1.807, 2.05) is 0 Å². The summed E-state index contributed by atoms with van der Waals surface area (Å²) in [6.07, 6.45) is 1.30. The second-order valence-electron chi connectivity index (χ2n) is 2.80. The number of nitrogens with two attached hydrogens (primary N) is 2. The number of hydrogen-bond donors (Lipinski definition) is 2. The first-order valence-electron chi connectivity index (χ1n) is 3.62. The predicted molar refractivity (Wildman–Crippen MR) is 42.9 cm³/mol. The number of methoxy groups -OCH3 is 1. The molecule has 11 heavy (non-hydrogen) atoms. The second-order valence-corrected chi connectivity index (χ2v) is 2.80. The summed E-state index contributed by atoms with van der Waals surface area (Å²) in [4.78, 5) is 11.0. The summed E-state index contributed by atoms with van der Waals surface area (Å²) in [5, 5.41) is 0. The van der Waals surface area contributed by atoms with Gasteiger partial charge in [-0.3, -0.25) is 4.79 Å². The molecule has 4 heteroatoms. The molecule has 0 heterocycles. The van der Waals surface area contributed by atoms with Crippen molar-refractivity contribution in [2.75, 3.05) is 13.7 Å². The van der Waals surface area contributed by atoms with Gasteiger partial charge in [-0.25, -0.2) is 0 Å². The minimum absolute atomic E-state index is 0.383. The molecular formula is C7H16N2O2. The van der Waals surface area contributed by atoms with Gasteiger partial charge in [0.05, 0.1) is 7.11 Å². The monoisotopic (exact) mass is 160 g/mol. The second kappa shape index (κ2) is 4.31. The number of hydrogen-bond acceptors (Lipinski definition) is 4. The topological polar surface area (TPSA) is 78.3 Å². The Morgan fingerprint density at radius 2 is 2.18 bits per heavy atom. The fraction of sp³-hybridized carbons (Fsp3) is 0.857. The number of rotatable bonds is 4. The smallest absolute Gasteiger partial charge is 0.325 e. The van der Waals surface area contributed by atoms with Crippen LogP contribution >= 0.6 is 0 Å². The van der Waals surface area contributed by atoms with E-state index in [9.17, 15) is 4.79 Å². The fourth-order valence-electron chi connectivity index (χ4n) is 0.805. The van der Waals surface area contributed by atoms with Crippen LogP contribution < -0.4 is 11.5 Å². The van der Waals surface area contributed by atoms with Gasteiger partial charge >= 0.3 is 5.97 Å². The lowest BCUT2D eigenvalue weighted by Crippen LogP contribution is -2.45. The van der Waals surface area contributed by atoms with Crippen molar-refractivity contribution in [2.24, 2.45) is 11.5 Å². The van der Waals surface area contributed by atoms with Gasteiger partial charge in [0.15, 0.2) is 0 Å². The van der Waals surface area contributed by atoms with Crippen molar-refractivity contribution < 1.29 is 9.53 Å². The number of esters is 1.